The molecule has 0 aliphatic heterocycles. The second kappa shape index (κ2) is 7.27. The molecular weight excluding hydrogens is 366 g/mol. The molecule has 2 aromatic rings. The monoisotopic (exact) mass is 378 g/mol. The van der Waals surface area contributed by atoms with Crippen LogP contribution >= 0.6 is 0 Å². The first kappa shape index (κ1) is 19.6. The van der Waals surface area contributed by atoms with Gasteiger partial charge in [0.1, 0.15) is 5.75 Å². The van der Waals surface area contributed by atoms with Crippen molar-refractivity contribution in [2.24, 2.45) is 0 Å². The van der Waals surface area contributed by atoms with Crippen LogP contribution in [0, 0.1) is 0 Å². The van der Waals surface area contributed by atoms with Crippen molar-refractivity contribution in [1.29, 1.82) is 0 Å². The summed E-state index contributed by atoms with van der Waals surface area (Å²) in [6, 6.07) is 6.55. The standard InChI is InChI=1S/C17H12F6O3/c1-2-25-15(24)11-5-8-14(16(18,19)20)13(9-11)10-3-6-12(7-4-10)26-17(21,22)23/h3-9H,2H2,1H3. The molecule has 0 saturated heterocycles. The summed E-state index contributed by atoms with van der Waals surface area (Å²) < 4.78 is 84.7. The summed E-state index contributed by atoms with van der Waals surface area (Å²) >= 11 is 0. The molecule has 0 radical (unpaired) electrons. The van der Waals surface area contributed by atoms with E-state index in [0.29, 0.717) is 0 Å². The number of alkyl halides is 6. The van der Waals surface area contributed by atoms with E-state index in [2.05, 4.69) is 4.74 Å². The molecule has 0 spiro atoms. The Labute approximate surface area is 144 Å². The van der Waals surface area contributed by atoms with Gasteiger partial charge in [0.25, 0.3) is 0 Å². The van der Waals surface area contributed by atoms with E-state index in [0.717, 1.165) is 42.5 Å². The fourth-order valence-corrected chi connectivity index (χ4v) is 2.21. The Morgan fingerprint density at radius 3 is 2.08 bits per heavy atom. The highest BCUT2D eigenvalue weighted by molar-refractivity contribution is 5.91. The number of halogens is 6. The third-order valence-corrected chi connectivity index (χ3v) is 3.24. The summed E-state index contributed by atoms with van der Waals surface area (Å²) in [7, 11) is 0. The number of benzene rings is 2. The summed E-state index contributed by atoms with van der Waals surface area (Å²) in [5, 5.41) is 0. The van der Waals surface area contributed by atoms with Crippen LogP contribution in [0.5, 0.6) is 5.75 Å². The topological polar surface area (TPSA) is 35.5 Å². The van der Waals surface area contributed by atoms with E-state index in [4.69, 9.17) is 4.74 Å². The Morgan fingerprint density at radius 1 is 0.962 bits per heavy atom. The number of ether oxygens (including phenoxy) is 2. The zero-order valence-corrected chi connectivity index (χ0v) is 13.2. The molecule has 0 amide bonds. The molecular formula is C17H12F6O3. The molecule has 0 fully saturated rings. The Hall–Kier alpha value is -2.71. The Bertz CT molecular complexity index is 779. The summed E-state index contributed by atoms with van der Waals surface area (Å²) in [5.41, 5.74) is -1.53. The van der Waals surface area contributed by atoms with Crippen molar-refractivity contribution in [2.45, 2.75) is 19.5 Å². The molecule has 0 heterocycles. The van der Waals surface area contributed by atoms with Crippen LogP contribution in [-0.4, -0.2) is 18.9 Å². The average Bonchev–Trinajstić information content (AvgIpc) is 2.53. The van der Waals surface area contributed by atoms with Gasteiger partial charge in [0.2, 0.25) is 0 Å². The summed E-state index contributed by atoms with van der Waals surface area (Å²) in [5.74, 6) is -1.38. The van der Waals surface area contributed by atoms with Crippen LogP contribution in [0.3, 0.4) is 0 Å². The minimum Gasteiger partial charge on any atom is -0.462 e. The number of rotatable bonds is 4. The molecule has 2 aromatic carbocycles. The van der Waals surface area contributed by atoms with Crippen molar-refractivity contribution < 1.29 is 40.6 Å². The molecule has 0 aliphatic rings. The molecule has 2 rings (SSSR count). The quantitative estimate of drug-likeness (QED) is 0.524. The molecule has 0 aliphatic carbocycles. The lowest BCUT2D eigenvalue weighted by Gasteiger charge is -2.15. The largest absolute Gasteiger partial charge is 0.573 e. The molecule has 0 N–H and O–H groups in total. The van der Waals surface area contributed by atoms with Gasteiger partial charge in [0, 0.05) is 0 Å². The lowest BCUT2D eigenvalue weighted by molar-refractivity contribution is -0.274. The highest BCUT2D eigenvalue weighted by Gasteiger charge is 2.34. The van der Waals surface area contributed by atoms with Crippen molar-refractivity contribution in [3.63, 3.8) is 0 Å². The number of carbonyl (C=O) groups excluding carboxylic acids is 1. The average molecular weight is 378 g/mol. The molecule has 140 valence electrons. The van der Waals surface area contributed by atoms with Crippen LogP contribution in [0.25, 0.3) is 11.1 Å². The first-order valence-electron chi connectivity index (χ1n) is 7.26. The summed E-state index contributed by atoms with van der Waals surface area (Å²) in [6.45, 7) is 1.58. The predicted molar refractivity (Wildman–Crippen MR) is 79.5 cm³/mol. The SMILES string of the molecule is CCOC(=O)c1ccc(C(F)(F)F)c(-c2ccc(OC(F)(F)F)cc2)c1. The Morgan fingerprint density at radius 2 is 1.58 bits per heavy atom. The highest BCUT2D eigenvalue weighted by Crippen LogP contribution is 2.38. The van der Waals surface area contributed by atoms with Crippen LogP contribution < -0.4 is 4.74 Å². The predicted octanol–water partition coefficient (Wildman–Crippen LogP) is 5.45. The molecule has 0 bridgehead atoms. The molecule has 26 heavy (non-hydrogen) atoms. The maximum Gasteiger partial charge on any atom is 0.573 e. The summed E-state index contributed by atoms with van der Waals surface area (Å²) in [6.07, 6.45) is -9.63. The minimum absolute atomic E-state index is 0.0296. The van der Waals surface area contributed by atoms with Gasteiger partial charge in [0.15, 0.2) is 0 Å². The number of carbonyl (C=O) groups is 1. The summed E-state index contributed by atoms with van der Waals surface area (Å²) in [4.78, 5) is 11.8. The fraction of sp³-hybridized carbons (Fsp3) is 0.235. The van der Waals surface area contributed by atoms with Gasteiger partial charge in [-0.25, -0.2) is 4.79 Å². The Kier molecular flexibility index (Phi) is 5.48. The van der Waals surface area contributed by atoms with Gasteiger partial charge in [-0.3, -0.25) is 0 Å². The van der Waals surface area contributed by atoms with Crippen molar-refractivity contribution in [1.82, 2.24) is 0 Å². The van der Waals surface area contributed by atoms with Gasteiger partial charge in [-0.15, -0.1) is 13.2 Å². The van der Waals surface area contributed by atoms with Gasteiger partial charge in [0.05, 0.1) is 17.7 Å². The molecule has 0 unspecified atom stereocenters. The van der Waals surface area contributed by atoms with Gasteiger partial charge in [-0.2, -0.15) is 13.2 Å². The smallest absolute Gasteiger partial charge is 0.462 e. The van der Waals surface area contributed by atoms with Crippen molar-refractivity contribution in [3.8, 4) is 16.9 Å². The van der Waals surface area contributed by atoms with Gasteiger partial charge in [-0.1, -0.05) is 12.1 Å². The number of hydrogen-bond donors (Lipinski definition) is 0. The second-order valence-corrected chi connectivity index (χ2v) is 5.05. The molecule has 3 nitrogen and oxygen atoms in total. The van der Waals surface area contributed by atoms with Crippen molar-refractivity contribution >= 4 is 5.97 Å². The van der Waals surface area contributed by atoms with Crippen LogP contribution in [0.15, 0.2) is 42.5 Å². The van der Waals surface area contributed by atoms with Crippen LogP contribution in [0.2, 0.25) is 0 Å². The maximum absolute atomic E-state index is 13.2. The van der Waals surface area contributed by atoms with Crippen LogP contribution in [-0.2, 0) is 10.9 Å². The minimum atomic E-state index is -4.91. The highest BCUT2D eigenvalue weighted by atomic mass is 19.4. The second-order valence-electron chi connectivity index (χ2n) is 5.05. The lowest BCUT2D eigenvalue weighted by atomic mass is 9.96. The third-order valence-electron chi connectivity index (χ3n) is 3.24. The zero-order chi connectivity index (χ0) is 19.5. The molecule has 0 aromatic heterocycles. The molecule has 9 heteroatoms. The first-order valence-corrected chi connectivity index (χ1v) is 7.26. The maximum atomic E-state index is 13.2. The zero-order valence-electron chi connectivity index (χ0n) is 13.2. The first-order chi connectivity index (χ1) is 12.0. The third kappa shape index (κ3) is 4.90. The van der Waals surface area contributed by atoms with Crippen molar-refractivity contribution in [3.05, 3.63) is 53.6 Å². The van der Waals surface area contributed by atoms with Crippen LogP contribution in [0.1, 0.15) is 22.8 Å². The van der Waals surface area contributed by atoms with Gasteiger partial charge >= 0.3 is 18.5 Å². The van der Waals surface area contributed by atoms with E-state index in [-0.39, 0.29) is 23.3 Å². The molecule has 0 saturated carbocycles. The van der Waals surface area contributed by atoms with E-state index in [9.17, 15) is 31.1 Å². The van der Waals surface area contributed by atoms with E-state index in [1.54, 1.807) is 6.92 Å². The number of hydrogen-bond acceptors (Lipinski definition) is 3. The van der Waals surface area contributed by atoms with E-state index in [1.807, 2.05) is 0 Å². The van der Waals surface area contributed by atoms with E-state index >= 15 is 0 Å². The van der Waals surface area contributed by atoms with Crippen LogP contribution in [0.4, 0.5) is 26.3 Å². The fourth-order valence-electron chi connectivity index (χ4n) is 2.21. The number of esters is 1. The van der Waals surface area contributed by atoms with Gasteiger partial charge < -0.3 is 9.47 Å². The normalized spacial score (nSPS) is 12.0. The lowest BCUT2D eigenvalue weighted by Crippen LogP contribution is -2.17. The van der Waals surface area contributed by atoms with E-state index < -0.39 is 29.8 Å². The Balaban J connectivity index is 2.48. The molecule has 0 atom stereocenters. The van der Waals surface area contributed by atoms with Gasteiger partial charge in [-0.05, 0) is 48.4 Å². The van der Waals surface area contributed by atoms with Crippen molar-refractivity contribution in [2.75, 3.05) is 6.61 Å². The van der Waals surface area contributed by atoms with E-state index in [1.165, 1.54) is 0 Å².